The van der Waals surface area contributed by atoms with E-state index in [9.17, 15) is 0 Å². The number of hydrogen-bond acceptors (Lipinski definition) is 4. The first-order valence-corrected chi connectivity index (χ1v) is 6.80. The molecule has 94 valence electrons. The molecule has 0 saturated carbocycles. The number of aromatic nitrogens is 2. The van der Waals surface area contributed by atoms with Gasteiger partial charge in [-0.05, 0) is 17.7 Å². The lowest BCUT2D eigenvalue weighted by Crippen LogP contribution is -1.87. The number of ether oxygens (including phenoxy) is 1. The zero-order valence-electron chi connectivity index (χ0n) is 10.4. The summed E-state index contributed by atoms with van der Waals surface area (Å²) in [5, 5.41) is 2.05. The van der Waals surface area contributed by atoms with Gasteiger partial charge in [-0.25, -0.2) is 9.97 Å². The molecule has 0 spiro atoms. The number of hydrogen-bond donors (Lipinski definition) is 0. The molecular formula is C15H12N2OS. The van der Waals surface area contributed by atoms with Crippen LogP contribution < -0.4 is 4.74 Å². The molecule has 0 aliphatic rings. The molecule has 0 aliphatic carbocycles. The van der Waals surface area contributed by atoms with Crippen molar-refractivity contribution < 1.29 is 4.74 Å². The molecular weight excluding hydrogens is 256 g/mol. The van der Waals surface area contributed by atoms with Gasteiger partial charge in [-0.1, -0.05) is 18.2 Å². The zero-order chi connectivity index (χ0) is 13.1. The SMILES string of the molecule is COc1ccc(-c2cccc(-c3cscn3)c2)cn1. The van der Waals surface area contributed by atoms with E-state index in [2.05, 4.69) is 28.2 Å². The van der Waals surface area contributed by atoms with Crippen LogP contribution in [0.3, 0.4) is 0 Å². The van der Waals surface area contributed by atoms with Gasteiger partial charge in [0, 0.05) is 28.8 Å². The minimum Gasteiger partial charge on any atom is -0.481 e. The summed E-state index contributed by atoms with van der Waals surface area (Å²) < 4.78 is 5.07. The van der Waals surface area contributed by atoms with Gasteiger partial charge in [0.2, 0.25) is 5.88 Å². The van der Waals surface area contributed by atoms with Gasteiger partial charge in [0.15, 0.2) is 0 Å². The summed E-state index contributed by atoms with van der Waals surface area (Å²) in [6, 6.07) is 12.2. The van der Waals surface area contributed by atoms with E-state index < -0.39 is 0 Å². The molecule has 0 amide bonds. The van der Waals surface area contributed by atoms with E-state index >= 15 is 0 Å². The van der Waals surface area contributed by atoms with Gasteiger partial charge in [0.05, 0.1) is 18.3 Å². The van der Waals surface area contributed by atoms with Crippen molar-refractivity contribution in [2.75, 3.05) is 7.11 Å². The Bertz CT molecular complexity index is 663. The molecule has 0 unspecified atom stereocenters. The van der Waals surface area contributed by atoms with Crippen LogP contribution in [0, 0.1) is 0 Å². The first kappa shape index (κ1) is 11.9. The second-order valence-electron chi connectivity index (χ2n) is 4.04. The minimum atomic E-state index is 0.624. The van der Waals surface area contributed by atoms with Gasteiger partial charge >= 0.3 is 0 Å². The number of thiazole rings is 1. The van der Waals surface area contributed by atoms with E-state index in [1.807, 2.05) is 35.3 Å². The van der Waals surface area contributed by atoms with Crippen molar-refractivity contribution in [2.45, 2.75) is 0 Å². The lowest BCUT2D eigenvalue weighted by atomic mass is 10.0. The van der Waals surface area contributed by atoms with Crippen molar-refractivity contribution in [2.24, 2.45) is 0 Å². The average Bonchev–Trinajstić information content (AvgIpc) is 3.02. The summed E-state index contributed by atoms with van der Waals surface area (Å²) in [5.41, 5.74) is 6.16. The highest BCUT2D eigenvalue weighted by Gasteiger charge is 2.03. The molecule has 0 saturated heterocycles. The Hall–Kier alpha value is -2.20. The van der Waals surface area contributed by atoms with Gasteiger partial charge < -0.3 is 4.74 Å². The maximum absolute atomic E-state index is 5.07. The van der Waals surface area contributed by atoms with E-state index in [-0.39, 0.29) is 0 Å². The molecule has 19 heavy (non-hydrogen) atoms. The second kappa shape index (κ2) is 5.20. The first-order valence-electron chi connectivity index (χ1n) is 5.86. The topological polar surface area (TPSA) is 35.0 Å². The molecule has 0 bridgehead atoms. The Labute approximate surface area is 115 Å². The van der Waals surface area contributed by atoms with Crippen LogP contribution in [0.4, 0.5) is 0 Å². The fourth-order valence-electron chi connectivity index (χ4n) is 1.88. The van der Waals surface area contributed by atoms with Crippen LogP contribution in [-0.2, 0) is 0 Å². The molecule has 2 aromatic heterocycles. The van der Waals surface area contributed by atoms with Crippen LogP contribution in [0.1, 0.15) is 0 Å². The minimum absolute atomic E-state index is 0.624. The van der Waals surface area contributed by atoms with Crippen LogP contribution in [0.5, 0.6) is 5.88 Å². The van der Waals surface area contributed by atoms with Crippen molar-refractivity contribution in [3.63, 3.8) is 0 Å². The number of pyridine rings is 1. The molecule has 0 radical (unpaired) electrons. The maximum atomic E-state index is 5.07. The van der Waals surface area contributed by atoms with Crippen LogP contribution in [0.2, 0.25) is 0 Å². The van der Waals surface area contributed by atoms with Crippen molar-refractivity contribution in [3.05, 3.63) is 53.5 Å². The van der Waals surface area contributed by atoms with Crippen LogP contribution in [0.25, 0.3) is 22.4 Å². The number of benzene rings is 1. The Morgan fingerprint density at radius 1 is 1.00 bits per heavy atom. The van der Waals surface area contributed by atoms with Crippen LogP contribution in [-0.4, -0.2) is 17.1 Å². The molecule has 3 aromatic rings. The third kappa shape index (κ3) is 2.48. The molecule has 0 atom stereocenters. The van der Waals surface area contributed by atoms with Gasteiger partial charge in [0.1, 0.15) is 0 Å². The summed E-state index contributed by atoms with van der Waals surface area (Å²) in [7, 11) is 1.62. The van der Waals surface area contributed by atoms with Crippen molar-refractivity contribution >= 4 is 11.3 Å². The normalized spacial score (nSPS) is 10.4. The molecule has 1 aromatic carbocycles. The fraction of sp³-hybridized carbons (Fsp3) is 0.0667. The fourth-order valence-corrected chi connectivity index (χ4v) is 2.45. The number of methoxy groups -OCH3 is 1. The smallest absolute Gasteiger partial charge is 0.212 e. The average molecular weight is 268 g/mol. The van der Waals surface area contributed by atoms with Crippen molar-refractivity contribution in [1.29, 1.82) is 0 Å². The lowest BCUT2D eigenvalue weighted by molar-refractivity contribution is 0.398. The lowest BCUT2D eigenvalue weighted by Gasteiger charge is -2.04. The van der Waals surface area contributed by atoms with Crippen LogP contribution in [0.15, 0.2) is 53.5 Å². The number of nitrogens with zero attached hydrogens (tertiary/aromatic N) is 2. The molecule has 4 heteroatoms. The molecule has 0 N–H and O–H groups in total. The summed E-state index contributed by atoms with van der Waals surface area (Å²) in [4.78, 5) is 8.56. The van der Waals surface area contributed by atoms with E-state index in [1.54, 1.807) is 18.4 Å². The third-order valence-corrected chi connectivity index (χ3v) is 3.46. The highest BCUT2D eigenvalue weighted by atomic mass is 32.1. The van der Waals surface area contributed by atoms with Crippen LogP contribution >= 0.6 is 11.3 Å². The Balaban J connectivity index is 1.98. The Kier molecular flexibility index (Phi) is 3.25. The molecule has 3 rings (SSSR count). The van der Waals surface area contributed by atoms with E-state index in [0.717, 1.165) is 22.4 Å². The van der Waals surface area contributed by atoms with Crippen molar-refractivity contribution in [1.82, 2.24) is 9.97 Å². The summed E-state index contributed by atoms with van der Waals surface area (Å²) in [6.07, 6.45) is 1.82. The monoisotopic (exact) mass is 268 g/mol. The van der Waals surface area contributed by atoms with E-state index in [4.69, 9.17) is 4.74 Å². The summed E-state index contributed by atoms with van der Waals surface area (Å²) in [5.74, 6) is 0.624. The Morgan fingerprint density at radius 2 is 1.89 bits per heavy atom. The summed E-state index contributed by atoms with van der Waals surface area (Å²) >= 11 is 1.60. The third-order valence-electron chi connectivity index (χ3n) is 2.87. The second-order valence-corrected chi connectivity index (χ2v) is 4.76. The largest absolute Gasteiger partial charge is 0.481 e. The van der Waals surface area contributed by atoms with Gasteiger partial charge in [0.25, 0.3) is 0 Å². The maximum Gasteiger partial charge on any atom is 0.212 e. The zero-order valence-corrected chi connectivity index (χ0v) is 11.2. The first-order chi connectivity index (χ1) is 9.36. The molecule has 0 fully saturated rings. The molecule has 3 nitrogen and oxygen atoms in total. The summed E-state index contributed by atoms with van der Waals surface area (Å²) in [6.45, 7) is 0. The van der Waals surface area contributed by atoms with Crippen molar-refractivity contribution in [3.8, 4) is 28.3 Å². The predicted octanol–water partition coefficient (Wildman–Crippen LogP) is 3.88. The molecule has 0 aliphatic heterocycles. The van der Waals surface area contributed by atoms with Gasteiger partial charge in [-0.2, -0.15) is 0 Å². The Morgan fingerprint density at radius 3 is 2.58 bits per heavy atom. The molecule has 2 heterocycles. The predicted molar refractivity (Wildman–Crippen MR) is 77.3 cm³/mol. The van der Waals surface area contributed by atoms with Gasteiger partial charge in [-0.3, -0.25) is 0 Å². The number of rotatable bonds is 3. The highest BCUT2D eigenvalue weighted by molar-refractivity contribution is 7.07. The standard InChI is InChI=1S/C15H12N2OS/c1-18-15-6-5-13(8-16-15)11-3-2-4-12(7-11)14-9-19-10-17-14/h2-10H,1H3. The van der Waals surface area contributed by atoms with E-state index in [1.165, 1.54) is 0 Å². The highest BCUT2D eigenvalue weighted by Crippen LogP contribution is 2.26. The van der Waals surface area contributed by atoms with Gasteiger partial charge in [-0.15, -0.1) is 11.3 Å². The van der Waals surface area contributed by atoms with E-state index in [0.29, 0.717) is 5.88 Å². The quantitative estimate of drug-likeness (QED) is 0.723.